The van der Waals surface area contributed by atoms with Crippen LogP contribution < -0.4 is 5.32 Å². The fourth-order valence-electron chi connectivity index (χ4n) is 3.18. The van der Waals surface area contributed by atoms with Crippen molar-refractivity contribution in [1.82, 2.24) is 15.1 Å². The number of piperidine rings is 1. The van der Waals surface area contributed by atoms with E-state index >= 15 is 0 Å². The van der Waals surface area contributed by atoms with Crippen LogP contribution in [0, 0.1) is 5.92 Å². The van der Waals surface area contributed by atoms with Crippen LogP contribution in [0.5, 0.6) is 0 Å². The van der Waals surface area contributed by atoms with E-state index in [1.54, 1.807) is 0 Å². The van der Waals surface area contributed by atoms with Gasteiger partial charge in [0.15, 0.2) is 5.96 Å². The van der Waals surface area contributed by atoms with Crippen molar-refractivity contribution < 1.29 is 14.3 Å². The highest BCUT2D eigenvalue weighted by molar-refractivity contribution is 5.97. The van der Waals surface area contributed by atoms with Crippen molar-refractivity contribution in [2.45, 2.75) is 39.5 Å². The summed E-state index contributed by atoms with van der Waals surface area (Å²) in [6.07, 6.45) is 2.73. The maximum Gasteiger partial charge on any atom is 0.229 e. The van der Waals surface area contributed by atoms with Gasteiger partial charge in [0.25, 0.3) is 0 Å². The summed E-state index contributed by atoms with van der Waals surface area (Å²) in [5.74, 6) is 1.28. The molecule has 1 N–H and O–H groups in total. The van der Waals surface area contributed by atoms with Crippen LogP contribution in [0.1, 0.15) is 39.5 Å². The van der Waals surface area contributed by atoms with Gasteiger partial charge in [-0.05, 0) is 26.7 Å². The molecule has 7 nitrogen and oxygen atoms in total. The summed E-state index contributed by atoms with van der Waals surface area (Å²) in [6, 6.07) is 0. The number of hydrogen-bond acceptors (Lipinski definition) is 4. The zero-order valence-electron chi connectivity index (χ0n) is 14.9. The summed E-state index contributed by atoms with van der Waals surface area (Å²) in [6.45, 7) is 9.13. The molecule has 2 rings (SSSR count). The van der Waals surface area contributed by atoms with Crippen LogP contribution in [-0.4, -0.2) is 73.5 Å². The van der Waals surface area contributed by atoms with E-state index in [9.17, 15) is 9.59 Å². The SMILES string of the molecule is CCNC(=NCCN1C(=O)CCCC1=O)N1CCC(COCC)C1. The van der Waals surface area contributed by atoms with Crippen molar-refractivity contribution in [3.8, 4) is 0 Å². The number of likely N-dealkylation sites (tertiary alicyclic amines) is 2. The Balaban J connectivity index is 1.86. The molecule has 2 amide bonds. The lowest BCUT2D eigenvalue weighted by Crippen LogP contribution is -2.43. The summed E-state index contributed by atoms with van der Waals surface area (Å²) < 4.78 is 5.52. The normalized spacial score (nSPS) is 22.4. The molecule has 2 heterocycles. The van der Waals surface area contributed by atoms with Gasteiger partial charge in [0.05, 0.1) is 13.2 Å². The Morgan fingerprint density at radius 1 is 1.29 bits per heavy atom. The van der Waals surface area contributed by atoms with Crippen LogP contribution in [0.25, 0.3) is 0 Å². The summed E-state index contributed by atoms with van der Waals surface area (Å²) in [5, 5.41) is 3.31. The van der Waals surface area contributed by atoms with Gasteiger partial charge < -0.3 is 15.0 Å². The van der Waals surface area contributed by atoms with Crippen LogP contribution in [0.4, 0.5) is 0 Å². The third-order valence-corrected chi connectivity index (χ3v) is 4.45. The lowest BCUT2D eigenvalue weighted by molar-refractivity contribution is -0.147. The molecular weight excluding hydrogens is 308 g/mol. The molecule has 136 valence electrons. The number of carbonyl (C=O) groups excluding carboxylic acids is 2. The molecule has 2 aliphatic heterocycles. The number of nitrogens with one attached hydrogen (secondary N) is 1. The second kappa shape index (κ2) is 9.61. The van der Waals surface area contributed by atoms with Gasteiger partial charge in [-0.1, -0.05) is 0 Å². The zero-order valence-corrected chi connectivity index (χ0v) is 14.9. The Morgan fingerprint density at radius 3 is 2.71 bits per heavy atom. The fraction of sp³-hybridized carbons (Fsp3) is 0.824. The minimum absolute atomic E-state index is 0.0654. The first-order valence-electron chi connectivity index (χ1n) is 9.09. The van der Waals surface area contributed by atoms with Crippen molar-refractivity contribution >= 4 is 17.8 Å². The Morgan fingerprint density at radius 2 is 2.04 bits per heavy atom. The standard InChI is InChI=1S/C17H30N4O3/c1-3-18-17(20-10-8-14(12-20)13-24-4-2)19-9-11-21-15(22)6-5-7-16(21)23/h14H,3-13H2,1-2H3,(H,18,19). The van der Waals surface area contributed by atoms with Gasteiger partial charge in [0.2, 0.25) is 11.8 Å². The summed E-state index contributed by atoms with van der Waals surface area (Å²) in [4.78, 5) is 31.9. The average Bonchev–Trinajstić information content (AvgIpc) is 3.03. The topological polar surface area (TPSA) is 74.2 Å². The number of imide groups is 1. The number of nitrogens with zero attached hydrogens (tertiary/aromatic N) is 3. The Labute approximate surface area is 144 Å². The molecule has 0 spiro atoms. The molecule has 0 saturated carbocycles. The quantitative estimate of drug-likeness (QED) is 0.423. The monoisotopic (exact) mass is 338 g/mol. The first-order chi connectivity index (χ1) is 11.7. The highest BCUT2D eigenvalue weighted by atomic mass is 16.5. The van der Waals surface area contributed by atoms with E-state index in [-0.39, 0.29) is 11.8 Å². The second-order valence-electron chi connectivity index (χ2n) is 6.29. The number of carbonyl (C=O) groups is 2. The smallest absolute Gasteiger partial charge is 0.229 e. The molecular formula is C17H30N4O3. The summed E-state index contributed by atoms with van der Waals surface area (Å²) in [5.41, 5.74) is 0. The number of aliphatic imine (C=N–C) groups is 1. The van der Waals surface area contributed by atoms with Gasteiger partial charge in [0.1, 0.15) is 0 Å². The molecule has 0 aromatic rings. The van der Waals surface area contributed by atoms with E-state index < -0.39 is 0 Å². The summed E-state index contributed by atoms with van der Waals surface area (Å²) >= 11 is 0. The minimum Gasteiger partial charge on any atom is -0.381 e. The minimum atomic E-state index is -0.0654. The van der Waals surface area contributed by atoms with E-state index in [0.717, 1.165) is 45.2 Å². The number of amides is 2. The van der Waals surface area contributed by atoms with E-state index in [1.165, 1.54) is 4.90 Å². The zero-order chi connectivity index (χ0) is 17.4. The van der Waals surface area contributed by atoms with Gasteiger partial charge in [-0.3, -0.25) is 19.5 Å². The third-order valence-electron chi connectivity index (χ3n) is 4.45. The molecule has 0 aromatic heterocycles. The molecule has 24 heavy (non-hydrogen) atoms. The van der Waals surface area contributed by atoms with E-state index in [4.69, 9.17) is 4.74 Å². The first kappa shape index (κ1) is 18.7. The Hall–Kier alpha value is -1.63. The van der Waals surface area contributed by atoms with Gasteiger partial charge >= 0.3 is 0 Å². The maximum absolute atomic E-state index is 11.8. The third kappa shape index (κ3) is 5.19. The second-order valence-corrected chi connectivity index (χ2v) is 6.29. The van der Waals surface area contributed by atoms with Crippen molar-refractivity contribution in [3.63, 3.8) is 0 Å². The van der Waals surface area contributed by atoms with Crippen molar-refractivity contribution in [2.75, 3.05) is 45.9 Å². The highest BCUT2D eigenvalue weighted by Gasteiger charge is 2.26. The van der Waals surface area contributed by atoms with Crippen LogP contribution in [-0.2, 0) is 14.3 Å². The molecule has 1 unspecified atom stereocenters. The van der Waals surface area contributed by atoms with E-state index in [2.05, 4.69) is 15.2 Å². The number of ether oxygens (including phenoxy) is 1. The molecule has 2 fully saturated rings. The van der Waals surface area contributed by atoms with Crippen molar-refractivity contribution in [3.05, 3.63) is 0 Å². The Bertz CT molecular complexity index is 451. The summed E-state index contributed by atoms with van der Waals surface area (Å²) in [7, 11) is 0. The molecule has 0 bridgehead atoms. The highest BCUT2D eigenvalue weighted by Crippen LogP contribution is 2.17. The Kier molecular flexibility index (Phi) is 7.49. The lowest BCUT2D eigenvalue weighted by Gasteiger charge is -2.25. The molecule has 2 aliphatic rings. The van der Waals surface area contributed by atoms with Crippen LogP contribution >= 0.6 is 0 Å². The largest absolute Gasteiger partial charge is 0.381 e. The average molecular weight is 338 g/mol. The number of rotatable bonds is 7. The van der Waals surface area contributed by atoms with Gasteiger partial charge in [-0.25, -0.2) is 0 Å². The molecule has 0 aromatic carbocycles. The lowest BCUT2D eigenvalue weighted by atomic mass is 10.1. The molecule has 2 saturated heterocycles. The van der Waals surface area contributed by atoms with Crippen molar-refractivity contribution in [2.24, 2.45) is 10.9 Å². The van der Waals surface area contributed by atoms with Gasteiger partial charge in [-0.2, -0.15) is 0 Å². The number of guanidine groups is 1. The van der Waals surface area contributed by atoms with Gasteiger partial charge in [-0.15, -0.1) is 0 Å². The molecule has 7 heteroatoms. The van der Waals surface area contributed by atoms with E-state index in [1.807, 2.05) is 13.8 Å². The van der Waals surface area contributed by atoms with Crippen molar-refractivity contribution in [1.29, 1.82) is 0 Å². The molecule has 0 aliphatic carbocycles. The predicted octanol–water partition coefficient (Wildman–Crippen LogP) is 0.849. The molecule has 1 atom stereocenters. The van der Waals surface area contributed by atoms with E-state index in [0.29, 0.717) is 38.3 Å². The van der Waals surface area contributed by atoms with Crippen LogP contribution in [0.3, 0.4) is 0 Å². The first-order valence-corrected chi connectivity index (χ1v) is 9.09. The predicted molar refractivity (Wildman–Crippen MR) is 92.7 cm³/mol. The fourth-order valence-corrected chi connectivity index (χ4v) is 3.18. The maximum atomic E-state index is 11.8. The van der Waals surface area contributed by atoms with Gasteiger partial charge in [0, 0.05) is 51.5 Å². The van der Waals surface area contributed by atoms with Crippen LogP contribution in [0.15, 0.2) is 4.99 Å². The van der Waals surface area contributed by atoms with Crippen LogP contribution in [0.2, 0.25) is 0 Å². The molecule has 0 radical (unpaired) electrons. The number of hydrogen-bond donors (Lipinski definition) is 1.